The molecule has 0 radical (unpaired) electrons. The van der Waals surface area contributed by atoms with Crippen LogP contribution in [0, 0.1) is 6.92 Å². The molecule has 8 heteroatoms. The maximum atomic E-state index is 11.7. The summed E-state index contributed by atoms with van der Waals surface area (Å²) in [5.74, 6) is 1.28. The van der Waals surface area contributed by atoms with Crippen molar-refractivity contribution in [2.75, 3.05) is 34.2 Å². The van der Waals surface area contributed by atoms with Crippen molar-refractivity contribution in [2.45, 2.75) is 26.4 Å². The van der Waals surface area contributed by atoms with Crippen LogP contribution >= 0.6 is 0 Å². The molecular weight excluding hydrogens is 378 g/mol. The number of amidine groups is 1. The van der Waals surface area contributed by atoms with Crippen molar-refractivity contribution in [3.63, 3.8) is 0 Å². The number of nitrogens with two attached hydrogens (primary N) is 1. The number of likely N-dealkylation sites (N-methyl/N-ethyl adjacent to an activating group) is 1. The van der Waals surface area contributed by atoms with E-state index in [1.807, 2.05) is 19.1 Å². The van der Waals surface area contributed by atoms with E-state index in [0.29, 0.717) is 11.5 Å². The fraction of sp³-hybridized carbons (Fsp3) is 0.409. The smallest absolute Gasteiger partial charge is 0.239 e. The van der Waals surface area contributed by atoms with Gasteiger partial charge in [0.25, 0.3) is 0 Å². The second-order valence-electron chi connectivity index (χ2n) is 7.68. The fourth-order valence-electron chi connectivity index (χ4n) is 3.73. The number of hydrogen-bond acceptors (Lipinski definition) is 5. The molecule has 3 rings (SSSR count). The van der Waals surface area contributed by atoms with Gasteiger partial charge in [0.2, 0.25) is 5.91 Å². The topological polar surface area (TPSA) is 101 Å². The van der Waals surface area contributed by atoms with E-state index in [0.717, 1.165) is 60.0 Å². The number of benzene rings is 1. The predicted octanol–water partition coefficient (Wildman–Crippen LogP) is 1.34. The maximum Gasteiger partial charge on any atom is 0.239 e. The van der Waals surface area contributed by atoms with Crippen LogP contribution in [-0.4, -0.2) is 60.4 Å². The number of nitrogens with one attached hydrogen (secondary N) is 2. The van der Waals surface area contributed by atoms with Crippen LogP contribution in [0.3, 0.4) is 0 Å². The van der Waals surface area contributed by atoms with E-state index in [-0.39, 0.29) is 12.5 Å². The van der Waals surface area contributed by atoms with Crippen LogP contribution in [0.2, 0.25) is 0 Å². The number of amides is 1. The summed E-state index contributed by atoms with van der Waals surface area (Å²) in [5.41, 5.74) is 11.6. The van der Waals surface area contributed by atoms with Gasteiger partial charge >= 0.3 is 0 Å². The third-order valence-corrected chi connectivity index (χ3v) is 5.31. The summed E-state index contributed by atoms with van der Waals surface area (Å²) in [6, 6.07) is 6.17. The van der Waals surface area contributed by atoms with E-state index >= 15 is 0 Å². The lowest BCUT2D eigenvalue weighted by molar-refractivity contribution is -0.119. The molecule has 0 bridgehead atoms. The van der Waals surface area contributed by atoms with Gasteiger partial charge in [-0.05, 0) is 50.7 Å². The van der Waals surface area contributed by atoms with E-state index in [1.54, 1.807) is 14.1 Å². The number of aryl methyl sites for hydroxylation is 1. The Morgan fingerprint density at radius 1 is 1.33 bits per heavy atom. The van der Waals surface area contributed by atoms with Crippen LogP contribution in [0.5, 0.6) is 0 Å². The molecule has 1 aromatic carbocycles. The van der Waals surface area contributed by atoms with Crippen molar-refractivity contribution >= 4 is 17.4 Å². The summed E-state index contributed by atoms with van der Waals surface area (Å²) < 4.78 is 2.27. The van der Waals surface area contributed by atoms with Crippen LogP contribution in [0.1, 0.15) is 28.9 Å². The first kappa shape index (κ1) is 21.6. The third kappa shape index (κ3) is 4.54. The lowest BCUT2D eigenvalue weighted by atomic mass is 10.1. The molecule has 1 aromatic heterocycles. The molecule has 0 fully saturated rings. The first-order valence-corrected chi connectivity index (χ1v) is 10.1. The highest BCUT2D eigenvalue weighted by Gasteiger charge is 2.24. The van der Waals surface area contributed by atoms with Crippen LogP contribution in [0.4, 0.5) is 0 Å². The molecule has 0 saturated heterocycles. The Hall–Kier alpha value is -3.13. The van der Waals surface area contributed by atoms with E-state index in [9.17, 15) is 4.79 Å². The van der Waals surface area contributed by atoms with Gasteiger partial charge in [-0.25, -0.2) is 4.98 Å². The summed E-state index contributed by atoms with van der Waals surface area (Å²) in [6.45, 7) is 8.99. The molecule has 1 amide bonds. The normalized spacial score (nSPS) is 14.7. The SMILES string of the molecule is C=C(NCC(=O)NC)c1nc(-c2cc(C)cc(C(N)=NC)c2)n2c1CN(C)CCC2. The number of fused-ring (bicyclic) bond motifs is 1. The molecule has 0 spiro atoms. The summed E-state index contributed by atoms with van der Waals surface area (Å²) in [4.78, 5) is 23.0. The molecule has 0 atom stereocenters. The Bertz CT molecular complexity index is 990. The molecule has 0 unspecified atom stereocenters. The molecule has 0 saturated carbocycles. The van der Waals surface area contributed by atoms with Crippen molar-refractivity contribution in [1.82, 2.24) is 25.1 Å². The molecule has 30 heavy (non-hydrogen) atoms. The Morgan fingerprint density at radius 2 is 2.10 bits per heavy atom. The average Bonchev–Trinajstić information content (AvgIpc) is 2.97. The first-order chi connectivity index (χ1) is 14.3. The summed E-state index contributed by atoms with van der Waals surface area (Å²) >= 11 is 0. The predicted molar refractivity (Wildman–Crippen MR) is 121 cm³/mol. The Kier molecular flexibility index (Phi) is 6.56. The molecule has 2 heterocycles. The number of nitrogens with zero attached hydrogens (tertiary/aromatic N) is 4. The second-order valence-corrected chi connectivity index (χ2v) is 7.68. The third-order valence-electron chi connectivity index (χ3n) is 5.31. The highest BCUT2D eigenvalue weighted by molar-refractivity contribution is 5.98. The lowest BCUT2D eigenvalue weighted by Crippen LogP contribution is -2.30. The van der Waals surface area contributed by atoms with Gasteiger partial charge in [0.1, 0.15) is 17.4 Å². The quantitative estimate of drug-likeness (QED) is 0.494. The van der Waals surface area contributed by atoms with E-state index in [4.69, 9.17) is 10.7 Å². The Balaban J connectivity index is 2.09. The molecule has 160 valence electrons. The van der Waals surface area contributed by atoms with Gasteiger partial charge in [-0.2, -0.15) is 0 Å². The first-order valence-electron chi connectivity index (χ1n) is 10.1. The molecule has 2 aromatic rings. The molecule has 1 aliphatic rings. The van der Waals surface area contributed by atoms with Gasteiger partial charge in [-0.1, -0.05) is 6.58 Å². The Labute approximate surface area is 177 Å². The number of imidazole rings is 1. The molecule has 4 N–H and O–H groups in total. The van der Waals surface area contributed by atoms with Crippen molar-refractivity contribution in [2.24, 2.45) is 10.7 Å². The zero-order valence-electron chi connectivity index (χ0n) is 18.2. The highest BCUT2D eigenvalue weighted by atomic mass is 16.1. The van der Waals surface area contributed by atoms with Gasteiger partial charge in [0, 0.05) is 38.3 Å². The number of carbonyl (C=O) groups excluding carboxylic acids is 1. The van der Waals surface area contributed by atoms with Crippen molar-refractivity contribution < 1.29 is 4.79 Å². The Morgan fingerprint density at radius 3 is 2.80 bits per heavy atom. The molecule has 0 aliphatic carbocycles. The summed E-state index contributed by atoms with van der Waals surface area (Å²) in [7, 11) is 5.41. The van der Waals surface area contributed by atoms with Crippen molar-refractivity contribution in [3.8, 4) is 11.4 Å². The molecule has 8 nitrogen and oxygen atoms in total. The lowest BCUT2D eigenvalue weighted by Gasteiger charge is -2.14. The summed E-state index contributed by atoms with van der Waals surface area (Å²) in [5, 5.41) is 5.72. The zero-order valence-corrected chi connectivity index (χ0v) is 18.2. The second kappa shape index (κ2) is 9.13. The number of hydrogen-bond donors (Lipinski definition) is 3. The van der Waals surface area contributed by atoms with Gasteiger partial charge in [-0.15, -0.1) is 0 Å². The van der Waals surface area contributed by atoms with Crippen LogP contribution in [0.25, 0.3) is 17.1 Å². The van der Waals surface area contributed by atoms with Crippen LogP contribution in [-0.2, 0) is 17.9 Å². The molecule has 1 aliphatic heterocycles. The van der Waals surface area contributed by atoms with Gasteiger partial charge in [0.15, 0.2) is 0 Å². The number of aliphatic imine (C=N–C) groups is 1. The molecular formula is C22H31N7O. The highest BCUT2D eigenvalue weighted by Crippen LogP contribution is 2.29. The van der Waals surface area contributed by atoms with Crippen molar-refractivity contribution in [3.05, 3.63) is 47.3 Å². The zero-order chi connectivity index (χ0) is 21.8. The minimum absolute atomic E-state index is 0.101. The van der Waals surface area contributed by atoms with Gasteiger partial charge in [-0.3, -0.25) is 9.79 Å². The number of carbonyl (C=O) groups is 1. The van der Waals surface area contributed by atoms with E-state index in [1.165, 1.54) is 0 Å². The minimum atomic E-state index is -0.101. The monoisotopic (exact) mass is 409 g/mol. The van der Waals surface area contributed by atoms with Crippen molar-refractivity contribution in [1.29, 1.82) is 0 Å². The van der Waals surface area contributed by atoms with Gasteiger partial charge in [0.05, 0.1) is 17.9 Å². The minimum Gasteiger partial charge on any atom is -0.384 e. The van der Waals surface area contributed by atoms with Gasteiger partial charge < -0.3 is 25.8 Å². The largest absolute Gasteiger partial charge is 0.384 e. The fourth-order valence-corrected chi connectivity index (χ4v) is 3.73. The van der Waals surface area contributed by atoms with E-state index in [2.05, 4.69) is 44.8 Å². The van der Waals surface area contributed by atoms with Crippen LogP contribution in [0.15, 0.2) is 29.8 Å². The van der Waals surface area contributed by atoms with Crippen LogP contribution < -0.4 is 16.4 Å². The number of aromatic nitrogens is 2. The number of rotatable bonds is 6. The summed E-state index contributed by atoms with van der Waals surface area (Å²) in [6.07, 6.45) is 1.03. The maximum absolute atomic E-state index is 11.7. The van der Waals surface area contributed by atoms with E-state index < -0.39 is 0 Å². The average molecular weight is 410 g/mol. The standard InChI is InChI=1S/C22H31N7O/c1-14-9-16(21(23)25-4)11-17(10-14)22-27-20(15(2)26-12-19(30)24-3)18-13-28(5)7-6-8-29(18)22/h9-11,26H,2,6-8,12-13H2,1,3-5H3,(H2,23,25)(H,24,30).